The lowest BCUT2D eigenvalue weighted by Gasteiger charge is -2.23. The van der Waals surface area contributed by atoms with Crippen LogP contribution in [0.5, 0.6) is 5.75 Å². The number of carbonyl (C=O) groups is 1. The van der Waals surface area contributed by atoms with E-state index in [-0.39, 0.29) is 18.3 Å². The van der Waals surface area contributed by atoms with Gasteiger partial charge in [-0.1, -0.05) is 42.5 Å². The van der Waals surface area contributed by atoms with Crippen LogP contribution >= 0.6 is 0 Å². The summed E-state index contributed by atoms with van der Waals surface area (Å²) < 4.78 is 37.9. The second-order valence-electron chi connectivity index (χ2n) is 6.57. The molecule has 158 valence electrons. The number of hydrogen-bond donors (Lipinski definition) is 0. The van der Waals surface area contributed by atoms with Gasteiger partial charge in [0.1, 0.15) is 12.4 Å². The molecule has 0 N–H and O–H groups in total. The molecule has 1 amide bonds. The number of benzene rings is 2. The van der Waals surface area contributed by atoms with Gasteiger partial charge in [0.05, 0.1) is 12.9 Å². The molecule has 0 saturated heterocycles. The highest BCUT2D eigenvalue weighted by Crippen LogP contribution is 2.16. The Bertz CT molecular complexity index is 852. The van der Waals surface area contributed by atoms with Crippen molar-refractivity contribution >= 4 is 16.0 Å². The van der Waals surface area contributed by atoms with Crippen molar-refractivity contribution in [1.29, 1.82) is 0 Å². The molecule has 0 fully saturated rings. The monoisotopic (exact) mass is 421 g/mol. The zero-order chi connectivity index (χ0) is 21.1. The van der Waals surface area contributed by atoms with E-state index in [0.29, 0.717) is 32.7 Å². The third-order valence-corrected chi connectivity index (χ3v) is 4.51. The minimum Gasteiger partial charge on any atom is -0.385 e. The van der Waals surface area contributed by atoms with Gasteiger partial charge in [0, 0.05) is 26.8 Å². The highest BCUT2D eigenvalue weighted by atomic mass is 32.2. The summed E-state index contributed by atoms with van der Waals surface area (Å²) in [5.74, 6) is 0.119. The van der Waals surface area contributed by atoms with Crippen molar-refractivity contribution in [3.8, 4) is 5.75 Å². The van der Waals surface area contributed by atoms with Crippen LogP contribution in [-0.4, -0.2) is 52.3 Å². The quantitative estimate of drug-likeness (QED) is 0.387. The maximum absolute atomic E-state index is 12.6. The van der Waals surface area contributed by atoms with Crippen molar-refractivity contribution in [3.63, 3.8) is 0 Å². The van der Waals surface area contributed by atoms with Gasteiger partial charge in [-0.2, -0.15) is 8.42 Å². The molecule has 0 aliphatic rings. The maximum Gasteiger partial charge on any atom is 0.306 e. The molecule has 2 aromatic carbocycles. The number of amides is 1. The molecule has 0 unspecified atom stereocenters. The molecule has 2 aromatic rings. The SMILES string of the molecule is COCCCN(Cc1ccc(OS(C)(=O)=O)cc1)C(=O)COCc1ccccc1. The lowest BCUT2D eigenvalue weighted by Crippen LogP contribution is -2.34. The van der Waals surface area contributed by atoms with Gasteiger partial charge >= 0.3 is 10.1 Å². The van der Waals surface area contributed by atoms with Crippen LogP contribution in [0.25, 0.3) is 0 Å². The Morgan fingerprint density at radius 2 is 1.69 bits per heavy atom. The number of nitrogens with zero attached hydrogens (tertiary/aromatic N) is 1. The van der Waals surface area contributed by atoms with Gasteiger partial charge in [-0.25, -0.2) is 0 Å². The van der Waals surface area contributed by atoms with Crippen LogP contribution < -0.4 is 4.18 Å². The topological polar surface area (TPSA) is 82.1 Å². The molecule has 0 bridgehead atoms. The van der Waals surface area contributed by atoms with Crippen LogP contribution in [0.4, 0.5) is 0 Å². The van der Waals surface area contributed by atoms with E-state index in [2.05, 4.69) is 0 Å². The van der Waals surface area contributed by atoms with Crippen LogP contribution in [0.3, 0.4) is 0 Å². The third kappa shape index (κ3) is 9.08. The number of ether oxygens (including phenoxy) is 2. The fraction of sp³-hybridized carbons (Fsp3) is 0.381. The molecule has 0 radical (unpaired) electrons. The molecule has 0 spiro atoms. The number of methoxy groups -OCH3 is 1. The third-order valence-electron chi connectivity index (χ3n) is 4.01. The van der Waals surface area contributed by atoms with E-state index in [9.17, 15) is 13.2 Å². The summed E-state index contributed by atoms with van der Waals surface area (Å²) in [6.07, 6.45) is 1.70. The molecule has 0 aliphatic heterocycles. The fourth-order valence-electron chi connectivity index (χ4n) is 2.66. The summed E-state index contributed by atoms with van der Waals surface area (Å²) in [5.41, 5.74) is 1.87. The molecule has 2 rings (SSSR count). The van der Waals surface area contributed by atoms with E-state index in [1.54, 1.807) is 36.3 Å². The highest BCUT2D eigenvalue weighted by Gasteiger charge is 2.15. The van der Waals surface area contributed by atoms with E-state index >= 15 is 0 Å². The van der Waals surface area contributed by atoms with Crippen LogP contribution in [0.2, 0.25) is 0 Å². The number of hydrogen-bond acceptors (Lipinski definition) is 6. The Hall–Kier alpha value is -2.42. The van der Waals surface area contributed by atoms with E-state index in [0.717, 1.165) is 17.4 Å². The Labute approximate surface area is 172 Å². The summed E-state index contributed by atoms with van der Waals surface area (Å²) in [4.78, 5) is 14.3. The summed E-state index contributed by atoms with van der Waals surface area (Å²) in [6, 6.07) is 16.3. The molecule has 7 nitrogen and oxygen atoms in total. The first-order valence-electron chi connectivity index (χ1n) is 9.24. The fourth-order valence-corrected chi connectivity index (χ4v) is 3.12. The largest absolute Gasteiger partial charge is 0.385 e. The highest BCUT2D eigenvalue weighted by molar-refractivity contribution is 7.86. The normalized spacial score (nSPS) is 11.2. The van der Waals surface area contributed by atoms with Crippen molar-refractivity contribution in [2.24, 2.45) is 0 Å². The average molecular weight is 422 g/mol. The van der Waals surface area contributed by atoms with Gasteiger partial charge in [0.2, 0.25) is 5.91 Å². The van der Waals surface area contributed by atoms with Gasteiger partial charge in [-0.3, -0.25) is 4.79 Å². The molecule has 0 aliphatic carbocycles. The van der Waals surface area contributed by atoms with Crippen molar-refractivity contribution in [2.75, 3.05) is 33.1 Å². The van der Waals surface area contributed by atoms with E-state index in [1.807, 2.05) is 30.3 Å². The molecule has 0 atom stereocenters. The molecule has 0 heterocycles. The van der Waals surface area contributed by atoms with Crippen molar-refractivity contribution in [2.45, 2.75) is 19.6 Å². The van der Waals surface area contributed by atoms with Crippen molar-refractivity contribution < 1.29 is 26.9 Å². The minimum atomic E-state index is -3.57. The first-order valence-corrected chi connectivity index (χ1v) is 11.1. The molecule has 29 heavy (non-hydrogen) atoms. The molecule has 8 heteroatoms. The first-order chi connectivity index (χ1) is 13.9. The Morgan fingerprint density at radius 3 is 2.31 bits per heavy atom. The predicted octanol–water partition coefficient (Wildman–Crippen LogP) is 2.61. The van der Waals surface area contributed by atoms with Gasteiger partial charge in [0.15, 0.2) is 0 Å². The summed E-state index contributed by atoms with van der Waals surface area (Å²) in [6.45, 7) is 1.82. The lowest BCUT2D eigenvalue weighted by molar-refractivity contribution is -0.137. The van der Waals surface area contributed by atoms with Gasteiger partial charge < -0.3 is 18.6 Å². The van der Waals surface area contributed by atoms with Crippen LogP contribution in [-0.2, 0) is 37.5 Å². The maximum atomic E-state index is 12.6. The van der Waals surface area contributed by atoms with Crippen LogP contribution in [0, 0.1) is 0 Å². The number of carbonyl (C=O) groups excluding carboxylic acids is 1. The molecule has 0 aromatic heterocycles. The zero-order valence-corrected chi connectivity index (χ0v) is 17.6. The van der Waals surface area contributed by atoms with Gasteiger partial charge in [0.25, 0.3) is 0 Å². The zero-order valence-electron chi connectivity index (χ0n) is 16.7. The van der Waals surface area contributed by atoms with Crippen molar-refractivity contribution in [1.82, 2.24) is 4.90 Å². The summed E-state index contributed by atoms with van der Waals surface area (Å²) in [5, 5.41) is 0. The average Bonchev–Trinajstić information content (AvgIpc) is 2.68. The molecular formula is C21H27NO6S. The van der Waals surface area contributed by atoms with Gasteiger partial charge in [-0.15, -0.1) is 0 Å². The predicted molar refractivity (Wildman–Crippen MR) is 110 cm³/mol. The lowest BCUT2D eigenvalue weighted by atomic mass is 10.2. The first kappa shape index (κ1) is 22.9. The Balaban J connectivity index is 1.94. The number of rotatable bonds is 12. The van der Waals surface area contributed by atoms with E-state index in [4.69, 9.17) is 13.7 Å². The molecule has 0 saturated carbocycles. The second kappa shape index (κ2) is 11.5. The van der Waals surface area contributed by atoms with E-state index in [1.165, 1.54) is 0 Å². The Morgan fingerprint density at radius 1 is 1.00 bits per heavy atom. The van der Waals surface area contributed by atoms with Crippen LogP contribution in [0.1, 0.15) is 17.5 Å². The Kier molecular flexibility index (Phi) is 9.11. The van der Waals surface area contributed by atoms with E-state index < -0.39 is 10.1 Å². The van der Waals surface area contributed by atoms with Crippen molar-refractivity contribution in [3.05, 3.63) is 65.7 Å². The smallest absolute Gasteiger partial charge is 0.306 e. The van der Waals surface area contributed by atoms with Crippen LogP contribution in [0.15, 0.2) is 54.6 Å². The van der Waals surface area contributed by atoms with Gasteiger partial charge in [-0.05, 0) is 29.7 Å². The minimum absolute atomic E-state index is 0.0167. The second-order valence-corrected chi connectivity index (χ2v) is 8.15. The summed E-state index contributed by atoms with van der Waals surface area (Å²) >= 11 is 0. The standard InChI is InChI=1S/C21H27NO6S/c1-26-14-6-13-22(21(23)17-27-16-19-7-4-3-5-8-19)15-18-9-11-20(12-10-18)28-29(2,24)25/h3-5,7-12H,6,13-17H2,1-2H3. The summed E-state index contributed by atoms with van der Waals surface area (Å²) in [7, 11) is -1.95. The molecular weight excluding hydrogens is 394 g/mol.